The van der Waals surface area contributed by atoms with Crippen molar-refractivity contribution in [3.8, 4) is 0 Å². The molecular weight excluding hydrogens is 382 g/mol. The number of nitrogens with two attached hydrogens (primary N) is 2. The Balaban J connectivity index is 4.82. The molecule has 0 aliphatic heterocycles. The molecular formula is C18H33N5O6. The van der Waals surface area contributed by atoms with Crippen LogP contribution in [0.4, 0.5) is 0 Å². The van der Waals surface area contributed by atoms with Crippen molar-refractivity contribution < 1.29 is 29.1 Å². The van der Waals surface area contributed by atoms with Crippen LogP contribution in [0.15, 0.2) is 0 Å². The number of aliphatic carboxylic acids is 1. The van der Waals surface area contributed by atoms with Crippen molar-refractivity contribution >= 4 is 29.6 Å². The van der Waals surface area contributed by atoms with Crippen molar-refractivity contribution in [2.24, 2.45) is 23.3 Å². The maximum atomic E-state index is 12.5. The molecule has 0 saturated carbocycles. The molecule has 0 spiro atoms. The molecule has 0 rings (SSSR count). The second-order valence-corrected chi connectivity index (χ2v) is 7.65. The molecule has 3 atom stereocenters. The molecule has 0 aromatic rings. The van der Waals surface area contributed by atoms with Crippen LogP contribution >= 0.6 is 0 Å². The van der Waals surface area contributed by atoms with E-state index in [1.54, 1.807) is 13.8 Å². The first-order valence-electron chi connectivity index (χ1n) is 9.49. The van der Waals surface area contributed by atoms with Gasteiger partial charge >= 0.3 is 5.97 Å². The van der Waals surface area contributed by atoms with Gasteiger partial charge in [-0.25, -0.2) is 4.79 Å². The molecule has 0 bridgehead atoms. The van der Waals surface area contributed by atoms with E-state index in [-0.39, 0.29) is 31.1 Å². The summed E-state index contributed by atoms with van der Waals surface area (Å²) in [5, 5.41) is 16.5. The molecule has 0 aliphatic carbocycles. The lowest BCUT2D eigenvalue weighted by molar-refractivity contribution is -0.143. The highest BCUT2D eigenvalue weighted by Crippen LogP contribution is 2.08. The van der Waals surface area contributed by atoms with Gasteiger partial charge in [0.15, 0.2) is 0 Å². The van der Waals surface area contributed by atoms with E-state index < -0.39 is 54.3 Å². The van der Waals surface area contributed by atoms with Crippen molar-refractivity contribution in [3.63, 3.8) is 0 Å². The standard InChI is InChI=1S/C18H33N5O6/c1-9(2)7-12(17(27)23-15(10(3)4)18(28)29)22-14(25)8-21-16(26)11(19)5-6-13(20)24/h9-12,15H,5-8,19H2,1-4H3,(H2,20,24)(H,21,26)(H,22,25)(H,23,27)(H,28,29)/t11-,12-,15-/m0/s1. The van der Waals surface area contributed by atoms with E-state index in [1.165, 1.54) is 0 Å². The highest BCUT2D eigenvalue weighted by Gasteiger charge is 2.29. The number of rotatable bonds is 13. The van der Waals surface area contributed by atoms with Crippen LogP contribution in [0, 0.1) is 11.8 Å². The topological polar surface area (TPSA) is 194 Å². The third kappa shape index (κ3) is 11.0. The molecule has 11 heteroatoms. The molecule has 0 aliphatic rings. The van der Waals surface area contributed by atoms with Crippen LogP contribution in [0.25, 0.3) is 0 Å². The second kappa shape index (κ2) is 12.7. The predicted octanol–water partition coefficient (Wildman–Crippen LogP) is -1.55. The number of carbonyl (C=O) groups excluding carboxylic acids is 4. The third-order valence-corrected chi connectivity index (χ3v) is 4.05. The zero-order valence-corrected chi connectivity index (χ0v) is 17.4. The first kappa shape index (κ1) is 26.3. The Morgan fingerprint density at radius 3 is 2.00 bits per heavy atom. The summed E-state index contributed by atoms with van der Waals surface area (Å²) in [6.45, 7) is 6.60. The summed E-state index contributed by atoms with van der Waals surface area (Å²) in [5.41, 5.74) is 10.6. The van der Waals surface area contributed by atoms with E-state index in [1.807, 2.05) is 13.8 Å². The van der Waals surface area contributed by atoms with Gasteiger partial charge in [-0.15, -0.1) is 0 Å². The molecule has 4 amide bonds. The first-order valence-corrected chi connectivity index (χ1v) is 9.49. The lowest BCUT2D eigenvalue weighted by Gasteiger charge is -2.24. The predicted molar refractivity (Wildman–Crippen MR) is 105 cm³/mol. The Kier molecular flexibility index (Phi) is 11.5. The number of carboxylic acids is 1. The Bertz CT molecular complexity index is 608. The lowest BCUT2D eigenvalue weighted by atomic mass is 10.0. The van der Waals surface area contributed by atoms with Crippen molar-refractivity contribution in [2.45, 2.75) is 65.1 Å². The zero-order chi connectivity index (χ0) is 22.7. The van der Waals surface area contributed by atoms with E-state index in [2.05, 4.69) is 16.0 Å². The molecule has 0 aromatic carbocycles. The number of hydrogen-bond acceptors (Lipinski definition) is 6. The van der Waals surface area contributed by atoms with Gasteiger partial charge in [0, 0.05) is 6.42 Å². The SMILES string of the molecule is CC(C)C[C@H](NC(=O)CNC(=O)[C@@H](N)CCC(N)=O)C(=O)N[C@H](C(=O)O)C(C)C. The van der Waals surface area contributed by atoms with Gasteiger partial charge in [0.25, 0.3) is 0 Å². The average Bonchev–Trinajstić information content (AvgIpc) is 2.60. The minimum Gasteiger partial charge on any atom is -0.480 e. The van der Waals surface area contributed by atoms with Gasteiger partial charge in [-0.05, 0) is 24.7 Å². The maximum Gasteiger partial charge on any atom is 0.326 e. The van der Waals surface area contributed by atoms with E-state index >= 15 is 0 Å². The highest BCUT2D eigenvalue weighted by atomic mass is 16.4. The van der Waals surface area contributed by atoms with E-state index in [0.717, 1.165) is 0 Å². The normalized spacial score (nSPS) is 14.0. The fraction of sp³-hybridized carbons (Fsp3) is 0.722. The van der Waals surface area contributed by atoms with Gasteiger partial charge in [-0.2, -0.15) is 0 Å². The quantitative estimate of drug-likeness (QED) is 0.209. The number of nitrogens with one attached hydrogen (secondary N) is 3. The molecule has 166 valence electrons. The Morgan fingerprint density at radius 2 is 1.55 bits per heavy atom. The van der Waals surface area contributed by atoms with Crippen LogP contribution in [-0.2, 0) is 24.0 Å². The molecule has 0 saturated heterocycles. The van der Waals surface area contributed by atoms with Crippen LogP contribution in [-0.4, -0.2) is 59.4 Å². The van der Waals surface area contributed by atoms with Crippen molar-refractivity contribution in [2.75, 3.05) is 6.54 Å². The summed E-state index contributed by atoms with van der Waals surface area (Å²) >= 11 is 0. The molecule has 29 heavy (non-hydrogen) atoms. The molecule has 8 N–H and O–H groups in total. The van der Waals surface area contributed by atoms with Gasteiger partial charge in [-0.1, -0.05) is 27.7 Å². The largest absolute Gasteiger partial charge is 0.480 e. The van der Waals surface area contributed by atoms with Gasteiger partial charge in [0.1, 0.15) is 12.1 Å². The van der Waals surface area contributed by atoms with Crippen molar-refractivity contribution in [1.29, 1.82) is 0 Å². The van der Waals surface area contributed by atoms with Gasteiger partial charge in [0.2, 0.25) is 23.6 Å². The Hall–Kier alpha value is -2.69. The first-order chi connectivity index (χ1) is 13.3. The van der Waals surface area contributed by atoms with E-state index in [4.69, 9.17) is 11.5 Å². The fourth-order valence-electron chi connectivity index (χ4n) is 2.44. The van der Waals surface area contributed by atoms with Crippen LogP contribution in [0.2, 0.25) is 0 Å². The van der Waals surface area contributed by atoms with E-state index in [9.17, 15) is 29.1 Å². The lowest BCUT2D eigenvalue weighted by Crippen LogP contribution is -2.55. The number of hydrogen-bond donors (Lipinski definition) is 6. The van der Waals surface area contributed by atoms with E-state index in [0.29, 0.717) is 0 Å². The number of amides is 4. The van der Waals surface area contributed by atoms with Crippen LogP contribution in [0.3, 0.4) is 0 Å². The van der Waals surface area contributed by atoms with Crippen molar-refractivity contribution in [3.05, 3.63) is 0 Å². The molecule has 0 fully saturated rings. The monoisotopic (exact) mass is 415 g/mol. The molecule has 0 heterocycles. The van der Waals surface area contributed by atoms with Gasteiger partial charge in [0.05, 0.1) is 12.6 Å². The zero-order valence-electron chi connectivity index (χ0n) is 17.4. The summed E-state index contributed by atoms with van der Waals surface area (Å²) in [5.74, 6) is -3.92. The van der Waals surface area contributed by atoms with Crippen LogP contribution < -0.4 is 27.4 Å². The maximum absolute atomic E-state index is 12.5. The number of primary amides is 1. The number of carbonyl (C=O) groups is 5. The highest BCUT2D eigenvalue weighted by molar-refractivity contribution is 5.92. The summed E-state index contributed by atoms with van der Waals surface area (Å²) in [7, 11) is 0. The molecule has 11 nitrogen and oxygen atoms in total. The second-order valence-electron chi connectivity index (χ2n) is 7.65. The fourth-order valence-corrected chi connectivity index (χ4v) is 2.44. The minimum absolute atomic E-state index is 0.0465. The molecule has 0 radical (unpaired) electrons. The number of carboxylic acid groups (broad SMARTS) is 1. The molecule has 0 aromatic heterocycles. The van der Waals surface area contributed by atoms with Crippen molar-refractivity contribution in [1.82, 2.24) is 16.0 Å². The Morgan fingerprint density at radius 1 is 0.966 bits per heavy atom. The third-order valence-electron chi connectivity index (χ3n) is 4.05. The summed E-state index contributed by atoms with van der Waals surface area (Å²) in [6.07, 6.45) is 0.277. The summed E-state index contributed by atoms with van der Waals surface area (Å²) in [6, 6.07) is -3.03. The molecule has 0 unspecified atom stereocenters. The van der Waals surface area contributed by atoms with Gasteiger partial charge < -0.3 is 32.5 Å². The summed E-state index contributed by atoms with van der Waals surface area (Å²) in [4.78, 5) is 58.5. The smallest absolute Gasteiger partial charge is 0.326 e. The average molecular weight is 415 g/mol. The Labute approximate surface area is 170 Å². The minimum atomic E-state index is -1.17. The summed E-state index contributed by atoms with van der Waals surface area (Å²) < 4.78 is 0. The van der Waals surface area contributed by atoms with Crippen LogP contribution in [0.1, 0.15) is 47.0 Å². The van der Waals surface area contributed by atoms with Gasteiger partial charge in [-0.3, -0.25) is 19.2 Å². The van der Waals surface area contributed by atoms with Crippen LogP contribution in [0.5, 0.6) is 0 Å².